The van der Waals surface area contributed by atoms with E-state index in [0.29, 0.717) is 6.61 Å². The number of aromatic nitrogens is 1. The highest BCUT2D eigenvalue weighted by Gasteiger charge is 2.39. The number of ether oxygens (including phenoxy) is 2. The van der Waals surface area contributed by atoms with Crippen LogP contribution in [0.4, 0.5) is 0 Å². The van der Waals surface area contributed by atoms with Crippen LogP contribution in [0.25, 0.3) is 0 Å². The van der Waals surface area contributed by atoms with Gasteiger partial charge in [-0.15, -0.1) is 0 Å². The van der Waals surface area contributed by atoms with Gasteiger partial charge in [0.1, 0.15) is 5.75 Å². The lowest BCUT2D eigenvalue weighted by Gasteiger charge is -2.18. The molecule has 1 aromatic heterocycles. The summed E-state index contributed by atoms with van der Waals surface area (Å²) in [6, 6.07) is 0. The van der Waals surface area contributed by atoms with Crippen molar-refractivity contribution in [1.29, 1.82) is 0 Å². The summed E-state index contributed by atoms with van der Waals surface area (Å²) in [4.78, 5) is 4.33. The molecule has 1 aromatic rings. The Kier molecular flexibility index (Phi) is 3.35. The molecule has 0 saturated heterocycles. The Hall–Kier alpha value is -1.13. The second-order valence-electron chi connectivity index (χ2n) is 4.85. The average molecular weight is 236 g/mol. The molecule has 0 amide bonds. The molecule has 0 radical (unpaired) electrons. The smallest absolute Gasteiger partial charge is 0.143 e. The predicted octanol–water partition coefficient (Wildman–Crippen LogP) is 1.58. The minimum Gasteiger partial charge on any atom is -0.495 e. The van der Waals surface area contributed by atoms with Gasteiger partial charge in [-0.25, -0.2) is 0 Å². The molecular weight excluding hydrogens is 216 g/mol. The SMILES string of the molecule is COCc1cnc(C)c(OC)c1CC1(N)CC1. The molecule has 0 atom stereocenters. The molecule has 0 aliphatic heterocycles. The summed E-state index contributed by atoms with van der Waals surface area (Å²) >= 11 is 0. The quantitative estimate of drug-likeness (QED) is 0.843. The molecule has 1 heterocycles. The van der Waals surface area contributed by atoms with Gasteiger partial charge >= 0.3 is 0 Å². The molecule has 17 heavy (non-hydrogen) atoms. The van der Waals surface area contributed by atoms with Crippen LogP contribution < -0.4 is 10.5 Å². The van der Waals surface area contributed by atoms with Crippen molar-refractivity contribution in [2.75, 3.05) is 14.2 Å². The van der Waals surface area contributed by atoms with Gasteiger partial charge in [0.15, 0.2) is 0 Å². The molecule has 4 heteroatoms. The van der Waals surface area contributed by atoms with Gasteiger partial charge < -0.3 is 15.2 Å². The second-order valence-corrected chi connectivity index (χ2v) is 4.85. The zero-order chi connectivity index (χ0) is 12.5. The van der Waals surface area contributed by atoms with Gasteiger partial charge in [-0.05, 0) is 26.2 Å². The fourth-order valence-corrected chi connectivity index (χ4v) is 2.11. The number of pyridine rings is 1. The van der Waals surface area contributed by atoms with Crippen molar-refractivity contribution in [1.82, 2.24) is 4.98 Å². The molecular formula is C13H20N2O2. The average Bonchev–Trinajstić information content (AvgIpc) is 3.01. The van der Waals surface area contributed by atoms with Crippen LogP contribution in [0.2, 0.25) is 0 Å². The maximum Gasteiger partial charge on any atom is 0.143 e. The van der Waals surface area contributed by atoms with E-state index >= 15 is 0 Å². The number of aryl methyl sites for hydroxylation is 1. The minimum absolute atomic E-state index is 0.0381. The van der Waals surface area contributed by atoms with Crippen molar-refractivity contribution in [3.05, 3.63) is 23.0 Å². The van der Waals surface area contributed by atoms with E-state index in [0.717, 1.165) is 41.8 Å². The third kappa shape index (κ3) is 2.58. The first-order chi connectivity index (χ1) is 8.09. The van der Waals surface area contributed by atoms with Crippen LogP contribution >= 0.6 is 0 Å². The molecule has 2 rings (SSSR count). The number of nitrogens with zero attached hydrogens (tertiary/aromatic N) is 1. The van der Waals surface area contributed by atoms with Crippen LogP contribution in [0.5, 0.6) is 5.75 Å². The lowest BCUT2D eigenvalue weighted by molar-refractivity contribution is 0.183. The van der Waals surface area contributed by atoms with E-state index in [2.05, 4.69) is 4.98 Å². The molecule has 1 saturated carbocycles. The predicted molar refractivity (Wildman–Crippen MR) is 66.1 cm³/mol. The summed E-state index contributed by atoms with van der Waals surface area (Å²) in [5.74, 6) is 0.858. The Labute approximate surface area is 102 Å². The van der Waals surface area contributed by atoms with Crippen LogP contribution in [0, 0.1) is 6.92 Å². The first kappa shape index (κ1) is 12.3. The highest BCUT2D eigenvalue weighted by atomic mass is 16.5. The van der Waals surface area contributed by atoms with Gasteiger partial charge in [0.25, 0.3) is 0 Å². The fraction of sp³-hybridized carbons (Fsp3) is 0.615. The lowest BCUT2D eigenvalue weighted by atomic mass is 9.99. The first-order valence-electron chi connectivity index (χ1n) is 5.89. The number of rotatable bonds is 5. The van der Waals surface area contributed by atoms with Crippen molar-refractivity contribution in [3.63, 3.8) is 0 Å². The summed E-state index contributed by atoms with van der Waals surface area (Å²) in [5, 5.41) is 0. The molecule has 0 bridgehead atoms. The lowest BCUT2D eigenvalue weighted by Crippen LogP contribution is -2.25. The van der Waals surface area contributed by atoms with Crippen molar-refractivity contribution in [3.8, 4) is 5.75 Å². The minimum atomic E-state index is -0.0381. The molecule has 1 aliphatic carbocycles. The van der Waals surface area contributed by atoms with Crippen molar-refractivity contribution >= 4 is 0 Å². The number of methoxy groups -OCH3 is 2. The third-order valence-corrected chi connectivity index (χ3v) is 3.33. The molecule has 0 aromatic carbocycles. The van der Waals surface area contributed by atoms with Crippen molar-refractivity contribution in [2.24, 2.45) is 5.73 Å². The topological polar surface area (TPSA) is 57.4 Å². The standard InChI is InChI=1S/C13H20N2O2/c1-9-12(17-3)11(6-13(14)4-5-13)10(7-15-9)8-16-2/h7H,4-6,8,14H2,1-3H3. The molecule has 2 N–H and O–H groups in total. The maximum absolute atomic E-state index is 6.20. The third-order valence-electron chi connectivity index (χ3n) is 3.33. The van der Waals surface area contributed by atoms with Crippen LogP contribution in [0.15, 0.2) is 6.20 Å². The van der Waals surface area contributed by atoms with E-state index in [9.17, 15) is 0 Å². The monoisotopic (exact) mass is 236 g/mol. The summed E-state index contributed by atoms with van der Waals surface area (Å²) in [7, 11) is 3.37. The van der Waals surface area contributed by atoms with Gasteiger partial charge in [-0.3, -0.25) is 4.98 Å². The first-order valence-corrected chi connectivity index (χ1v) is 5.89. The van der Waals surface area contributed by atoms with Crippen LogP contribution in [-0.4, -0.2) is 24.7 Å². The zero-order valence-electron chi connectivity index (χ0n) is 10.7. The summed E-state index contributed by atoms with van der Waals surface area (Å²) < 4.78 is 10.7. The van der Waals surface area contributed by atoms with E-state index in [4.69, 9.17) is 15.2 Å². The Morgan fingerprint density at radius 2 is 2.12 bits per heavy atom. The van der Waals surface area contributed by atoms with Gasteiger partial charge in [-0.2, -0.15) is 0 Å². The van der Waals surface area contributed by atoms with Gasteiger partial charge in [0.2, 0.25) is 0 Å². The molecule has 94 valence electrons. The summed E-state index contributed by atoms with van der Waals surface area (Å²) in [5.41, 5.74) is 9.30. The highest BCUT2D eigenvalue weighted by molar-refractivity contribution is 5.43. The van der Waals surface area contributed by atoms with Gasteiger partial charge in [0.05, 0.1) is 19.4 Å². The second kappa shape index (κ2) is 4.63. The zero-order valence-corrected chi connectivity index (χ0v) is 10.7. The van der Waals surface area contributed by atoms with Gasteiger partial charge in [-0.1, -0.05) is 0 Å². The Bertz CT molecular complexity index is 414. The molecule has 1 fully saturated rings. The van der Waals surface area contributed by atoms with E-state index in [1.54, 1.807) is 14.2 Å². The van der Waals surface area contributed by atoms with E-state index in [1.807, 2.05) is 13.1 Å². The number of hydrogen-bond donors (Lipinski definition) is 1. The molecule has 0 unspecified atom stereocenters. The van der Waals surface area contributed by atoms with E-state index in [-0.39, 0.29) is 5.54 Å². The van der Waals surface area contributed by atoms with Crippen molar-refractivity contribution in [2.45, 2.75) is 38.3 Å². The maximum atomic E-state index is 6.20. The van der Waals surface area contributed by atoms with E-state index in [1.165, 1.54) is 0 Å². The number of hydrogen-bond acceptors (Lipinski definition) is 4. The molecule has 0 spiro atoms. The van der Waals surface area contributed by atoms with E-state index < -0.39 is 0 Å². The van der Waals surface area contributed by atoms with Crippen LogP contribution in [-0.2, 0) is 17.8 Å². The summed E-state index contributed by atoms with van der Waals surface area (Å²) in [6.45, 7) is 2.50. The fourth-order valence-electron chi connectivity index (χ4n) is 2.11. The Morgan fingerprint density at radius 1 is 1.41 bits per heavy atom. The Balaban J connectivity index is 2.38. The highest BCUT2D eigenvalue weighted by Crippen LogP contribution is 2.39. The normalized spacial score (nSPS) is 16.9. The van der Waals surface area contributed by atoms with Gasteiger partial charge in [0, 0.05) is 30.0 Å². The Morgan fingerprint density at radius 3 is 2.65 bits per heavy atom. The summed E-state index contributed by atoms with van der Waals surface area (Å²) in [6.07, 6.45) is 4.88. The van der Waals surface area contributed by atoms with Crippen LogP contribution in [0.3, 0.4) is 0 Å². The molecule has 1 aliphatic rings. The largest absolute Gasteiger partial charge is 0.495 e. The molecule has 4 nitrogen and oxygen atoms in total. The van der Waals surface area contributed by atoms with Crippen LogP contribution in [0.1, 0.15) is 29.7 Å². The van der Waals surface area contributed by atoms with Crippen molar-refractivity contribution < 1.29 is 9.47 Å². The number of nitrogens with two attached hydrogens (primary N) is 1.